The summed E-state index contributed by atoms with van der Waals surface area (Å²) >= 11 is 1.08. The Balaban J connectivity index is 2.42. The summed E-state index contributed by atoms with van der Waals surface area (Å²) in [6.07, 6.45) is 0.503. The molecule has 0 aromatic carbocycles. The zero-order valence-electron chi connectivity index (χ0n) is 18.5. The SMILES string of the molecule is CC(C)OP(=O)(OC(C)(C)C)SCCOC(=O)C(C)(C)CCN1CCOCC1. The topological polar surface area (TPSA) is 74.3 Å². The van der Waals surface area contributed by atoms with Crippen LogP contribution in [0.15, 0.2) is 0 Å². The molecule has 0 amide bonds. The van der Waals surface area contributed by atoms with Crippen molar-refractivity contribution >= 4 is 24.1 Å². The van der Waals surface area contributed by atoms with Gasteiger partial charge in [0.2, 0.25) is 0 Å². The van der Waals surface area contributed by atoms with Crippen molar-refractivity contribution in [1.29, 1.82) is 0 Å². The molecule has 0 aromatic heterocycles. The summed E-state index contributed by atoms with van der Waals surface area (Å²) in [5, 5.41) is 0. The van der Waals surface area contributed by atoms with E-state index in [0.29, 0.717) is 5.75 Å². The Morgan fingerprint density at radius 2 is 1.79 bits per heavy atom. The van der Waals surface area contributed by atoms with Gasteiger partial charge < -0.3 is 9.47 Å². The number of morpholine rings is 1. The molecule has 1 saturated heterocycles. The lowest BCUT2D eigenvalue weighted by molar-refractivity contribution is -0.153. The number of hydrogen-bond donors (Lipinski definition) is 0. The van der Waals surface area contributed by atoms with Gasteiger partial charge in [-0.25, -0.2) is 4.57 Å². The van der Waals surface area contributed by atoms with E-state index in [1.54, 1.807) is 0 Å². The standard InChI is InChI=1S/C19H38NO6PS/c1-16(2)25-27(22,26-18(3,4)5)28-15-14-24-17(21)19(6,7)8-9-20-10-12-23-13-11-20/h16H,8-15H2,1-7H3. The summed E-state index contributed by atoms with van der Waals surface area (Å²) in [5.74, 6) is 0.114. The van der Waals surface area contributed by atoms with Gasteiger partial charge in [-0.05, 0) is 72.8 Å². The molecule has 0 spiro atoms. The second kappa shape index (κ2) is 11.3. The second-order valence-corrected chi connectivity index (χ2v) is 12.9. The molecule has 28 heavy (non-hydrogen) atoms. The molecule has 0 aliphatic carbocycles. The number of carbonyl (C=O) groups excluding carboxylic acids is 1. The van der Waals surface area contributed by atoms with E-state index in [4.69, 9.17) is 18.5 Å². The molecular formula is C19H38NO6PS. The molecule has 1 rings (SSSR count). The van der Waals surface area contributed by atoms with Crippen molar-refractivity contribution in [2.75, 3.05) is 45.2 Å². The van der Waals surface area contributed by atoms with Gasteiger partial charge in [0, 0.05) is 18.8 Å². The van der Waals surface area contributed by atoms with E-state index in [1.807, 2.05) is 48.5 Å². The Morgan fingerprint density at radius 1 is 1.18 bits per heavy atom. The van der Waals surface area contributed by atoms with Crippen LogP contribution in [0.3, 0.4) is 0 Å². The van der Waals surface area contributed by atoms with Crippen LogP contribution in [0.5, 0.6) is 0 Å². The van der Waals surface area contributed by atoms with Crippen molar-refractivity contribution in [3.8, 4) is 0 Å². The summed E-state index contributed by atoms with van der Waals surface area (Å²) in [5.41, 5.74) is -1.15. The van der Waals surface area contributed by atoms with Gasteiger partial charge in [-0.3, -0.25) is 18.7 Å². The average Bonchev–Trinajstić information content (AvgIpc) is 2.55. The Labute approximate surface area is 174 Å². The van der Waals surface area contributed by atoms with E-state index in [-0.39, 0.29) is 18.7 Å². The molecule has 1 heterocycles. The Bertz CT molecular complexity index is 529. The minimum absolute atomic E-state index is 0.170. The van der Waals surface area contributed by atoms with Gasteiger partial charge in [0.05, 0.1) is 30.3 Å². The molecule has 0 aromatic rings. The molecule has 1 fully saturated rings. The largest absolute Gasteiger partial charge is 0.464 e. The van der Waals surface area contributed by atoms with Crippen LogP contribution in [0, 0.1) is 5.41 Å². The third-order valence-electron chi connectivity index (χ3n) is 4.00. The first-order valence-electron chi connectivity index (χ1n) is 9.94. The molecule has 166 valence electrons. The number of carbonyl (C=O) groups is 1. The molecule has 0 bridgehead atoms. The van der Waals surface area contributed by atoms with Gasteiger partial charge >= 0.3 is 12.8 Å². The molecule has 1 unspecified atom stereocenters. The lowest BCUT2D eigenvalue weighted by Gasteiger charge is -2.30. The normalized spacial score (nSPS) is 18.9. The molecule has 0 saturated carbocycles. The van der Waals surface area contributed by atoms with E-state index < -0.39 is 17.8 Å². The van der Waals surface area contributed by atoms with Crippen molar-refractivity contribution in [3.05, 3.63) is 0 Å². The van der Waals surface area contributed by atoms with Crippen LogP contribution in [0.4, 0.5) is 0 Å². The van der Waals surface area contributed by atoms with Crippen LogP contribution >= 0.6 is 18.2 Å². The summed E-state index contributed by atoms with van der Waals surface area (Å²) in [6.45, 7) is 13.9. The van der Waals surface area contributed by atoms with Gasteiger partial charge in [0.15, 0.2) is 0 Å². The van der Waals surface area contributed by atoms with E-state index >= 15 is 0 Å². The van der Waals surface area contributed by atoms with Crippen LogP contribution in [-0.2, 0) is 27.9 Å². The highest BCUT2D eigenvalue weighted by Crippen LogP contribution is 2.63. The van der Waals surface area contributed by atoms with Crippen LogP contribution < -0.4 is 0 Å². The lowest BCUT2D eigenvalue weighted by Crippen LogP contribution is -2.39. The third kappa shape index (κ3) is 10.6. The third-order valence-corrected chi connectivity index (χ3v) is 8.10. The molecule has 1 atom stereocenters. The maximum atomic E-state index is 12.9. The Hall–Kier alpha value is -0.110. The number of ether oxygens (including phenoxy) is 2. The fraction of sp³-hybridized carbons (Fsp3) is 0.947. The molecule has 7 nitrogen and oxygen atoms in total. The Morgan fingerprint density at radius 3 is 2.32 bits per heavy atom. The maximum absolute atomic E-state index is 12.9. The van der Waals surface area contributed by atoms with Gasteiger partial charge in [0.25, 0.3) is 0 Å². The number of hydrogen-bond acceptors (Lipinski definition) is 8. The van der Waals surface area contributed by atoms with E-state index in [2.05, 4.69) is 4.90 Å². The predicted octanol–water partition coefficient (Wildman–Crippen LogP) is 4.36. The van der Waals surface area contributed by atoms with Crippen LogP contribution in [0.2, 0.25) is 0 Å². The smallest absolute Gasteiger partial charge is 0.389 e. The van der Waals surface area contributed by atoms with E-state index in [9.17, 15) is 9.36 Å². The zero-order valence-corrected chi connectivity index (χ0v) is 20.2. The van der Waals surface area contributed by atoms with Crippen molar-refractivity contribution in [2.24, 2.45) is 5.41 Å². The van der Waals surface area contributed by atoms with E-state index in [0.717, 1.165) is 50.7 Å². The predicted molar refractivity (Wildman–Crippen MR) is 114 cm³/mol. The van der Waals surface area contributed by atoms with Crippen molar-refractivity contribution in [1.82, 2.24) is 4.90 Å². The van der Waals surface area contributed by atoms with Crippen molar-refractivity contribution < 1.29 is 27.9 Å². The highest BCUT2D eigenvalue weighted by atomic mass is 32.7. The van der Waals surface area contributed by atoms with Gasteiger partial charge in [-0.2, -0.15) is 0 Å². The minimum Gasteiger partial charge on any atom is -0.464 e. The maximum Gasteiger partial charge on any atom is 0.389 e. The Kier molecular flexibility index (Phi) is 10.5. The molecule has 1 aliphatic rings. The van der Waals surface area contributed by atoms with Gasteiger partial charge in [-0.15, -0.1) is 0 Å². The fourth-order valence-corrected chi connectivity index (χ4v) is 6.66. The minimum atomic E-state index is -3.32. The van der Waals surface area contributed by atoms with Gasteiger partial charge in [0.1, 0.15) is 6.61 Å². The van der Waals surface area contributed by atoms with Crippen molar-refractivity contribution in [3.63, 3.8) is 0 Å². The highest BCUT2D eigenvalue weighted by Gasteiger charge is 2.34. The first kappa shape index (κ1) is 25.9. The molecule has 1 aliphatic heterocycles. The van der Waals surface area contributed by atoms with Crippen molar-refractivity contribution in [2.45, 2.75) is 66.6 Å². The average molecular weight is 440 g/mol. The molecule has 9 heteroatoms. The zero-order chi connectivity index (χ0) is 21.4. The molecule has 0 radical (unpaired) electrons. The molecular weight excluding hydrogens is 401 g/mol. The highest BCUT2D eigenvalue weighted by molar-refractivity contribution is 8.55. The summed E-state index contributed by atoms with van der Waals surface area (Å²) in [4.78, 5) is 14.8. The summed E-state index contributed by atoms with van der Waals surface area (Å²) < 4.78 is 34.9. The fourth-order valence-electron chi connectivity index (χ4n) is 2.52. The van der Waals surface area contributed by atoms with Gasteiger partial charge in [-0.1, -0.05) is 0 Å². The first-order valence-corrected chi connectivity index (χ1v) is 13.1. The summed E-state index contributed by atoms with van der Waals surface area (Å²) in [7, 11) is 0. The first-order chi connectivity index (χ1) is 12.8. The van der Waals surface area contributed by atoms with Crippen LogP contribution in [0.25, 0.3) is 0 Å². The number of nitrogens with zero attached hydrogens (tertiary/aromatic N) is 1. The lowest BCUT2D eigenvalue weighted by atomic mass is 9.89. The number of esters is 1. The summed E-state index contributed by atoms with van der Waals surface area (Å²) in [6, 6.07) is 0. The quantitative estimate of drug-likeness (QED) is 0.267. The van der Waals surface area contributed by atoms with Crippen LogP contribution in [-0.4, -0.2) is 67.8 Å². The number of rotatable bonds is 11. The monoisotopic (exact) mass is 439 g/mol. The van der Waals surface area contributed by atoms with Crippen LogP contribution in [0.1, 0.15) is 54.9 Å². The second-order valence-electron chi connectivity index (χ2n) is 8.86. The molecule has 0 N–H and O–H groups in total. The van der Waals surface area contributed by atoms with E-state index in [1.165, 1.54) is 0 Å².